The predicted molar refractivity (Wildman–Crippen MR) is 137 cm³/mol. The SMILES string of the molecule is CCn1c(CSc2nc3ccccc3c(=O)n2CC(C)C)nc2cc(S(=O)(=O)N(C)C)ccc21. The summed E-state index contributed by atoms with van der Waals surface area (Å²) in [7, 11) is -0.519. The molecule has 34 heavy (non-hydrogen) atoms. The summed E-state index contributed by atoms with van der Waals surface area (Å²) in [5.74, 6) is 1.60. The van der Waals surface area contributed by atoms with Gasteiger partial charge >= 0.3 is 0 Å². The Hall–Kier alpha value is -2.69. The Morgan fingerprint density at radius 3 is 2.44 bits per heavy atom. The summed E-state index contributed by atoms with van der Waals surface area (Å²) in [6, 6.07) is 12.4. The summed E-state index contributed by atoms with van der Waals surface area (Å²) >= 11 is 1.47. The van der Waals surface area contributed by atoms with E-state index in [0.29, 0.717) is 40.4 Å². The number of rotatable bonds is 8. The molecule has 2 heterocycles. The number of sulfonamides is 1. The van der Waals surface area contributed by atoms with Crippen LogP contribution >= 0.6 is 11.8 Å². The van der Waals surface area contributed by atoms with Gasteiger partial charge in [0.1, 0.15) is 5.82 Å². The fraction of sp³-hybridized carbons (Fsp3) is 0.375. The molecule has 4 aromatic rings. The van der Waals surface area contributed by atoms with Gasteiger partial charge in [-0.2, -0.15) is 0 Å². The molecule has 0 bridgehead atoms. The topological polar surface area (TPSA) is 90.1 Å². The fourth-order valence-corrected chi connectivity index (χ4v) is 5.78. The smallest absolute Gasteiger partial charge is 0.262 e. The van der Waals surface area contributed by atoms with E-state index >= 15 is 0 Å². The van der Waals surface area contributed by atoms with E-state index in [-0.39, 0.29) is 16.4 Å². The van der Waals surface area contributed by atoms with Crippen LogP contribution in [-0.2, 0) is 28.9 Å². The lowest BCUT2D eigenvalue weighted by atomic mass is 10.2. The van der Waals surface area contributed by atoms with Crippen LogP contribution in [0.2, 0.25) is 0 Å². The number of para-hydroxylation sites is 1. The number of hydrogen-bond acceptors (Lipinski definition) is 6. The maximum atomic E-state index is 13.2. The molecule has 0 aliphatic carbocycles. The van der Waals surface area contributed by atoms with Crippen molar-refractivity contribution in [2.24, 2.45) is 5.92 Å². The van der Waals surface area contributed by atoms with E-state index in [9.17, 15) is 13.2 Å². The zero-order chi connectivity index (χ0) is 24.6. The van der Waals surface area contributed by atoms with E-state index in [1.165, 1.54) is 30.2 Å². The summed E-state index contributed by atoms with van der Waals surface area (Å²) < 4.78 is 30.1. The predicted octanol–water partition coefficient (Wildman–Crippen LogP) is 3.96. The Bertz CT molecular complexity index is 1520. The summed E-state index contributed by atoms with van der Waals surface area (Å²) in [5, 5.41) is 1.27. The monoisotopic (exact) mass is 499 g/mol. The first-order valence-electron chi connectivity index (χ1n) is 11.2. The van der Waals surface area contributed by atoms with Gasteiger partial charge in [-0.3, -0.25) is 9.36 Å². The highest BCUT2D eigenvalue weighted by atomic mass is 32.2. The minimum atomic E-state index is -3.55. The first kappa shape index (κ1) is 24.4. The quantitative estimate of drug-likeness (QED) is 0.269. The van der Waals surface area contributed by atoms with E-state index in [2.05, 4.69) is 18.4 Å². The Labute approximate surface area is 203 Å². The molecule has 0 aliphatic heterocycles. The van der Waals surface area contributed by atoms with Crippen molar-refractivity contribution in [3.63, 3.8) is 0 Å². The number of hydrogen-bond donors (Lipinski definition) is 0. The molecule has 180 valence electrons. The van der Waals surface area contributed by atoms with Crippen molar-refractivity contribution in [3.05, 3.63) is 58.6 Å². The van der Waals surface area contributed by atoms with E-state index in [0.717, 1.165) is 11.3 Å². The zero-order valence-electron chi connectivity index (χ0n) is 20.0. The number of nitrogens with zero attached hydrogens (tertiary/aromatic N) is 5. The molecule has 0 saturated carbocycles. The van der Waals surface area contributed by atoms with Gasteiger partial charge in [-0.1, -0.05) is 37.7 Å². The number of imidazole rings is 1. The van der Waals surface area contributed by atoms with Gasteiger partial charge in [0, 0.05) is 27.2 Å². The molecular weight excluding hydrogens is 470 g/mol. The van der Waals surface area contributed by atoms with Gasteiger partial charge in [-0.15, -0.1) is 0 Å². The third kappa shape index (κ3) is 4.49. The van der Waals surface area contributed by atoms with Crippen LogP contribution < -0.4 is 5.56 Å². The average molecular weight is 500 g/mol. The number of aryl methyl sites for hydroxylation is 1. The Morgan fingerprint density at radius 1 is 1.03 bits per heavy atom. The van der Waals surface area contributed by atoms with Crippen LogP contribution in [0.4, 0.5) is 0 Å². The van der Waals surface area contributed by atoms with E-state index < -0.39 is 10.0 Å². The summed E-state index contributed by atoms with van der Waals surface area (Å²) in [6.07, 6.45) is 0. The maximum absolute atomic E-state index is 13.2. The molecule has 0 atom stereocenters. The van der Waals surface area contributed by atoms with Gasteiger partial charge in [-0.05, 0) is 43.2 Å². The number of thioether (sulfide) groups is 1. The third-order valence-corrected chi connectivity index (χ3v) is 8.38. The largest absolute Gasteiger partial charge is 0.328 e. The highest BCUT2D eigenvalue weighted by Gasteiger charge is 2.20. The lowest BCUT2D eigenvalue weighted by Crippen LogP contribution is -2.25. The van der Waals surface area contributed by atoms with Crippen molar-refractivity contribution >= 4 is 43.7 Å². The highest BCUT2D eigenvalue weighted by Crippen LogP contribution is 2.27. The first-order valence-corrected chi connectivity index (χ1v) is 13.6. The number of benzene rings is 2. The van der Waals surface area contributed by atoms with Crippen molar-refractivity contribution < 1.29 is 8.42 Å². The van der Waals surface area contributed by atoms with Crippen molar-refractivity contribution in [2.45, 2.75) is 49.7 Å². The van der Waals surface area contributed by atoms with Gasteiger partial charge in [0.2, 0.25) is 10.0 Å². The zero-order valence-corrected chi connectivity index (χ0v) is 21.7. The van der Waals surface area contributed by atoms with Gasteiger partial charge in [0.15, 0.2) is 5.16 Å². The Balaban J connectivity index is 1.74. The molecule has 8 nitrogen and oxygen atoms in total. The van der Waals surface area contributed by atoms with Gasteiger partial charge in [0.05, 0.1) is 32.6 Å². The van der Waals surface area contributed by atoms with Crippen molar-refractivity contribution in [1.29, 1.82) is 0 Å². The summed E-state index contributed by atoms with van der Waals surface area (Å²) in [6.45, 7) is 7.45. The second-order valence-corrected chi connectivity index (χ2v) is 11.8. The molecule has 0 spiro atoms. The molecule has 2 aromatic carbocycles. The van der Waals surface area contributed by atoms with Crippen LogP contribution in [-0.4, -0.2) is 45.9 Å². The normalized spacial score (nSPS) is 12.4. The van der Waals surface area contributed by atoms with Crippen LogP contribution in [0.3, 0.4) is 0 Å². The fourth-order valence-electron chi connectivity index (χ4n) is 3.91. The first-order chi connectivity index (χ1) is 16.1. The molecule has 10 heteroatoms. The molecule has 0 unspecified atom stereocenters. The minimum absolute atomic E-state index is 0.0377. The Kier molecular flexibility index (Phi) is 6.84. The van der Waals surface area contributed by atoms with Crippen LogP contribution in [0.15, 0.2) is 57.3 Å². The lowest BCUT2D eigenvalue weighted by Gasteiger charge is -2.15. The number of aromatic nitrogens is 4. The molecule has 4 rings (SSSR count). The van der Waals surface area contributed by atoms with E-state index in [1.807, 2.05) is 31.2 Å². The second-order valence-electron chi connectivity index (χ2n) is 8.72. The van der Waals surface area contributed by atoms with Crippen molar-refractivity contribution in [1.82, 2.24) is 23.4 Å². The van der Waals surface area contributed by atoms with Gasteiger partial charge in [-0.25, -0.2) is 22.7 Å². The molecule has 0 saturated heterocycles. The van der Waals surface area contributed by atoms with E-state index in [1.54, 1.807) is 22.8 Å². The molecule has 0 aliphatic rings. The van der Waals surface area contributed by atoms with Gasteiger partial charge < -0.3 is 4.57 Å². The average Bonchev–Trinajstić information content (AvgIpc) is 3.16. The molecule has 2 aromatic heterocycles. The summed E-state index contributed by atoms with van der Waals surface area (Å²) in [5.41, 5.74) is 2.15. The highest BCUT2D eigenvalue weighted by molar-refractivity contribution is 7.98. The van der Waals surface area contributed by atoms with Gasteiger partial charge in [0.25, 0.3) is 5.56 Å². The maximum Gasteiger partial charge on any atom is 0.262 e. The summed E-state index contributed by atoms with van der Waals surface area (Å²) in [4.78, 5) is 22.9. The van der Waals surface area contributed by atoms with E-state index in [4.69, 9.17) is 9.97 Å². The minimum Gasteiger partial charge on any atom is -0.328 e. The van der Waals surface area contributed by atoms with Crippen molar-refractivity contribution in [2.75, 3.05) is 14.1 Å². The van der Waals surface area contributed by atoms with Crippen LogP contribution in [0.25, 0.3) is 21.9 Å². The molecule has 0 radical (unpaired) electrons. The lowest BCUT2D eigenvalue weighted by molar-refractivity contribution is 0.475. The molecule has 0 amide bonds. The van der Waals surface area contributed by atoms with Crippen LogP contribution in [0.5, 0.6) is 0 Å². The standard InChI is InChI=1S/C24H29N5O3S2/c1-6-28-21-12-11-17(34(31,32)27(4)5)13-20(21)25-22(28)15-33-24-26-19-10-8-7-9-18(19)23(30)29(24)14-16(2)3/h7-13,16H,6,14-15H2,1-5H3. The third-order valence-electron chi connectivity index (χ3n) is 5.60. The second kappa shape index (κ2) is 9.52. The molecule has 0 fully saturated rings. The molecular formula is C24H29N5O3S2. The van der Waals surface area contributed by atoms with Crippen molar-refractivity contribution in [3.8, 4) is 0 Å². The molecule has 0 N–H and O–H groups in total. The van der Waals surface area contributed by atoms with Crippen LogP contribution in [0.1, 0.15) is 26.6 Å². The van der Waals surface area contributed by atoms with Crippen LogP contribution in [0, 0.1) is 5.92 Å². The Morgan fingerprint density at radius 2 is 1.76 bits per heavy atom. The number of fused-ring (bicyclic) bond motifs is 2.